The van der Waals surface area contributed by atoms with Crippen LogP contribution >= 0.6 is 11.6 Å². The minimum absolute atomic E-state index is 0.0268. The lowest BCUT2D eigenvalue weighted by atomic mass is 9.98. The average molecular weight is 443 g/mol. The van der Waals surface area contributed by atoms with Gasteiger partial charge in [-0.15, -0.1) is 0 Å². The summed E-state index contributed by atoms with van der Waals surface area (Å²) in [4.78, 5) is 23.7. The van der Waals surface area contributed by atoms with Gasteiger partial charge >= 0.3 is 12.0 Å². The van der Waals surface area contributed by atoms with E-state index in [0.29, 0.717) is 28.8 Å². The lowest BCUT2D eigenvalue weighted by Gasteiger charge is -2.14. The Labute approximate surface area is 183 Å². The van der Waals surface area contributed by atoms with Gasteiger partial charge in [0.15, 0.2) is 0 Å². The van der Waals surface area contributed by atoms with Gasteiger partial charge in [-0.3, -0.25) is 4.68 Å². The predicted octanol–water partition coefficient (Wildman–Crippen LogP) is 5.40. The van der Waals surface area contributed by atoms with E-state index in [-0.39, 0.29) is 10.7 Å². The zero-order valence-corrected chi connectivity index (χ0v) is 17.6. The van der Waals surface area contributed by atoms with Crippen LogP contribution in [0, 0.1) is 5.82 Å². The van der Waals surface area contributed by atoms with Gasteiger partial charge in [0.05, 0.1) is 17.6 Å². The molecule has 0 fully saturated rings. The molecule has 9 heteroatoms. The third kappa shape index (κ3) is 5.49. The zero-order valence-electron chi connectivity index (χ0n) is 16.8. The van der Waals surface area contributed by atoms with E-state index in [1.54, 1.807) is 42.3 Å². The van der Waals surface area contributed by atoms with E-state index < -0.39 is 17.8 Å². The van der Waals surface area contributed by atoms with E-state index in [4.69, 9.17) is 16.7 Å². The van der Waals surface area contributed by atoms with Gasteiger partial charge in [0.1, 0.15) is 5.82 Å². The molecule has 3 N–H and O–H groups in total. The molecule has 1 heterocycles. The molecular weight excluding hydrogens is 423 g/mol. The second-order valence-electron chi connectivity index (χ2n) is 6.73. The molecule has 0 saturated carbocycles. The monoisotopic (exact) mass is 442 g/mol. The van der Waals surface area contributed by atoms with Crippen LogP contribution in [-0.4, -0.2) is 26.9 Å². The Balaban J connectivity index is 1.97. The fourth-order valence-corrected chi connectivity index (χ4v) is 3.22. The number of carboxylic acids is 1. The summed E-state index contributed by atoms with van der Waals surface area (Å²) in [5, 5.41) is 18.7. The Morgan fingerprint density at radius 2 is 1.94 bits per heavy atom. The highest BCUT2D eigenvalue weighted by molar-refractivity contribution is 6.30. The number of rotatable bonds is 6. The van der Waals surface area contributed by atoms with Crippen molar-refractivity contribution in [3.8, 4) is 11.1 Å². The number of halogens is 2. The summed E-state index contributed by atoms with van der Waals surface area (Å²) in [7, 11) is 1.77. The van der Waals surface area contributed by atoms with Crippen LogP contribution in [0.4, 0.5) is 20.6 Å². The molecule has 3 rings (SSSR count). The van der Waals surface area contributed by atoms with Crippen LogP contribution in [0.25, 0.3) is 16.7 Å². The first-order valence-electron chi connectivity index (χ1n) is 9.36. The van der Waals surface area contributed by atoms with Gasteiger partial charge in [0.2, 0.25) is 0 Å². The Morgan fingerprint density at radius 3 is 2.55 bits per heavy atom. The SMILES string of the molecule is CC/C(=C\C(=O)O)c1ccc(-c2cnn(C)c2)c(NC(=O)Nc2ccc(Cl)cc2F)c1. The second kappa shape index (κ2) is 9.44. The van der Waals surface area contributed by atoms with Crippen LogP contribution in [0.2, 0.25) is 5.02 Å². The van der Waals surface area contributed by atoms with Crippen molar-refractivity contribution >= 4 is 40.5 Å². The molecule has 31 heavy (non-hydrogen) atoms. The van der Waals surface area contributed by atoms with Crippen molar-refractivity contribution in [1.29, 1.82) is 0 Å². The van der Waals surface area contributed by atoms with Crippen molar-refractivity contribution in [3.05, 3.63) is 71.3 Å². The minimum atomic E-state index is -1.06. The maximum atomic E-state index is 14.0. The molecule has 0 saturated heterocycles. The van der Waals surface area contributed by atoms with Crippen LogP contribution < -0.4 is 10.6 Å². The van der Waals surface area contributed by atoms with E-state index in [2.05, 4.69) is 15.7 Å². The van der Waals surface area contributed by atoms with Gasteiger partial charge < -0.3 is 15.7 Å². The molecule has 0 aliphatic heterocycles. The Kier molecular flexibility index (Phi) is 6.71. The third-order valence-electron chi connectivity index (χ3n) is 4.51. The first kappa shape index (κ1) is 22.0. The van der Waals surface area contributed by atoms with Crippen molar-refractivity contribution < 1.29 is 19.1 Å². The van der Waals surface area contributed by atoms with E-state index in [1.165, 1.54) is 12.1 Å². The molecule has 0 atom stereocenters. The normalized spacial score (nSPS) is 11.3. The lowest BCUT2D eigenvalue weighted by Crippen LogP contribution is -2.20. The molecule has 0 aliphatic rings. The summed E-state index contributed by atoms with van der Waals surface area (Å²) in [5.41, 5.74) is 3.06. The number of carbonyl (C=O) groups is 2. The zero-order chi connectivity index (χ0) is 22.5. The molecule has 160 valence electrons. The number of aryl methyl sites for hydroxylation is 1. The maximum absolute atomic E-state index is 14.0. The number of hydrogen-bond donors (Lipinski definition) is 3. The molecule has 0 spiro atoms. The van der Waals surface area contributed by atoms with Crippen LogP contribution in [-0.2, 0) is 11.8 Å². The first-order chi connectivity index (χ1) is 14.8. The summed E-state index contributed by atoms with van der Waals surface area (Å²) in [5.74, 6) is -1.72. The Morgan fingerprint density at radius 1 is 1.19 bits per heavy atom. The Hall–Kier alpha value is -3.65. The molecule has 2 aromatic carbocycles. The fourth-order valence-electron chi connectivity index (χ4n) is 3.06. The number of aliphatic carboxylic acids is 1. The number of nitrogens with one attached hydrogen (secondary N) is 2. The molecular formula is C22H20ClFN4O3. The van der Waals surface area contributed by atoms with Crippen molar-refractivity contribution in [2.75, 3.05) is 10.6 Å². The van der Waals surface area contributed by atoms with Crippen molar-refractivity contribution in [2.45, 2.75) is 13.3 Å². The highest BCUT2D eigenvalue weighted by Crippen LogP contribution is 2.32. The van der Waals surface area contributed by atoms with E-state index in [1.807, 2.05) is 6.92 Å². The Bertz CT molecular complexity index is 1170. The number of aromatic nitrogens is 2. The van der Waals surface area contributed by atoms with Gasteiger partial charge in [0.25, 0.3) is 0 Å². The number of allylic oxidation sites excluding steroid dienone is 1. The number of nitrogens with zero attached hydrogens (tertiary/aromatic N) is 2. The highest BCUT2D eigenvalue weighted by atomic mass is 35.5. The molecule has 0 unspecified atom stereocenters. The summed E-state index contributed by atoms with van der Waals surface area (Å²) >= 11 is 5.75. The minimum Gasteiger partial charge on any atom is -0.478 e. The van der Waals surface area contributed by atoms with Crippen LogP contribution in [0.15, 0.2) is 54.9 Å². The number of amides is 2. The number of carbonyl (C=O) groups excluding carboxylic acids is 1. The van der Waals surface area contributed by atoms with Gasteiger partial charge in [-0.1, -0.05) is 30.7 Å². The van der Waals surface area contributed by atoms with E-state index >= 15 is 0 Å². The van der Waals surface area contributed by atoms with Gasteiger partial charge in [-0.25, -0.2) is 14.0 Å². The summed E-state index contributed by atoms with van der Waals surface area (Å²) in [6.07, 6.45) is 5.04. The van der Waals surface area contributed by atoms with Crippen LogP contribution in [0.3, 0.4) is 0 Å². The molecule has 3 aromatic rings. The van der Waals surface area contributed by atoms with Crippen LogP contribution in [0.5, 0.6) is 0 Å². The quantitative estimate of drug-likeness (QED) is 0.445. The number of benzene rings is 2. The third-order valence-corrected chi connectivity index (χ3v) is 4.75. The molecule has 0 aliphatic carbocycles. The number of urea groups is 1. The van der Waals surface area contributed by atoms with Gasteiger partial charge in [0, 0.05) is 35.5 Å². The maximum Gasteiger partial charge on any atom is 0.328 e. The van der Waals surface area contributed by atoms with Gasteiger partial charge in [-0.2, -0.15) is 5.10 Å². The first-order valence-corrected chi connectivity index (χ1v) is 9.74. The highest BCUT2D eigenvalue weighted by Gasteiger charge is 2.14. The van der Waals surface area contributed by atoms with Gasteiger partial charge in [-0.05, 0) is 41.8 Å². The largest absolute Gasteiger partial charge is 0.478 e. The molecule has 7 nitrogen and oxygen atoms in total. The topological polar surface area (TPSA) is 96.2 Å². The second-order valence-corrected chi connectivity index (χ2v) is 7.16. The average Bonchev–Trinajstić information content (AvgIpc) is 3.14. The standard InChI is InChI=1S/C22H20ClFN4O3/c1-3-13(9-21(29)30)14-4-6-17(15-11-25-28(2)12-15)20(8-14)27-22(31)26-19-7-5-16(23)10-18(19)24/h4-12H,3H2,1-2H3,(H,29,30)(H2,26,27,31)/b13-9+. The summed E-state index contributed by atoms with van der Waals surface area (Å²) in [6.45, 7) is 1.84. The van der Waals surface area contributed by atoms with Crippen LogP contribution in [0.1, 0.15) is 18.9 Å². The van der Waals surface area contributed by atoms with Crippen molar-refractivity contribution in [2.24, 2.45) is 7.05 Å². The summed E-state index contributed by atoms with van der Waals surface area (Å²) < 4.78 is 15.7. The number of carboxylic acid groups (broad SMARTS) is 1. The lowest BCUT2D eigenvalue weighted by molar-refractivity contribution is -0.131. The molecule has 1 aromatic heterocycles. The summed E-state index contributed by atoms with van der Waals surface area (Å²) in [6, 6.07) is 8.50. The predicted molar refractivity (Wildman–Crippen MR) is 119 cm³/mol. The van der Waals surface area contributed by atoms with E-state index in [9.17, 15) is 14.0 Å². The number of anilines is 2. The molecule has 2 amide bonds. The van der Waals surface area contributed by atoms with Crippen molar-refractivity contribution in [3.63, 3.8) is 0 Å². The number of hydrogen-bond acceptors (Lipinski definition) is 3. The smallest absolute Gasteiger partial charge is 0.328 e. The fraction of sp³-hybridized carbons (Fsp3) is 0.136. The van der Waals surface area contributed by atoms with Crippen molar-refractivity contribution in [1.82, 2.24) is 9.78 Å². The molecule has 0 bridgehead atoms. The van der Waals surface area contributed by atoms with E-state index in [0.717, 1.165) is 17.7 Å². The molecule has 0 radical (unpaired) electrons.